The average Bonchev–Trinajstić information content (AvgIpc) is 3.31. The molecule has 0 unspecified atom stereocenters. The number of amides is 1. The Balaban J connectivity index is 1.54. The van der Waals surface area contributed by atoms with Crippen molar-refractivity contribution in [1.82, 2.24) is 4.90 Å². The molecule has 1 saturated heterocycles. The molecule has 1 aliphatic carbocycles. The third kappa shape index (κ3) is 3.29. The van der Waals surface area contributed by atoms with Gasteiger partial charge in [-0.1, -0.05) is 54.6 Å². The minimum Gasteiger partial charge on any atom is -0.328 e. The Labute approximate surface area is 181 Å². The number of β-lactam (4-membered cyclic amide) rings is 1. The van der Waals surface area contributed by atoms with E-state index in [0.29, 0.717) is 0 Å². The van der Waals surface area contributed by atoms with Crippen LogP contribution in [0.5, 0.6) is 0 Å². The normalized spacial score (nSPS) is 22.5. The number of benzene rings is 3. The van der Waals surface area contributed by atoms with E-state index in [-0.39, 0.29) is 29.6 Å². The molecular weight excluding hydrogens is 388 g/mol. The lowest BCUT2D eigenvalue weighted by Gasteiger charge is -2.52. The zero-order chi connectivity index (χ0) is 21.5. The Morgan fingerprint density at radius 2 is 1.61 bits per heavy atom. The molecule has 5 heteroatoms. The van der Waals surface area contributed by atoms with Gasteiger partial charge in [0.1, 0.15) is 0 Å². The molecule has 3 aromatic rings. The molecule has 0 spiro atoms. The second-order valence-corrected chi connectivity index (χ2v) is 7.98. The summed E-state index contributed by atoms with van der Waals surface area (Å²) in [6, 6.07) is 20.6. The molecule has 31 heavy (non-hydrogen) atoms. The standard InChI is InChI=1S/C26H21N2O3/c1-17(22-12-6-10-18-7-4-5-11-23(18)22)27-25(20-13-15-21(16-14-20)28(30)31)24(26(27)29)19-8-2-3-9-19/h2-17,24-25H,1H3/t17-,24-,25+/m1/s1. The number of nitrogens with zero attached hydrogens (tertiary/aromatic N) is 2. The van der Waals surface area contributed by atoms with Gasteiger partial charge >= 0.3 is 0 Å². The third-order valence-electron chi connectivity index (χ3n) is 6.32. The fraction of sp³-hybridized carbons (Fsp3) is 0.154. The van der Waals surface area contributed by atoms with Crippen LogP contribution in [0.25, 0.3) is 10.8 Å². The van der Waals surface area contributed by atoms with Gasteiger partial charge in [0.05, 0.1) is 22.9 Å². The van der Waals surface area contributed by atoms with Gasteiger partial charge in [0.2, 0.25) is 5.91 Å². The Morgan fingerprint density at radius 1 is 0.935 bits per heavy atom. The molecule has 3 aromatic carbocycles. The van der Waals surface area contributed by atoms with E-state index >= 15 is 0 Å². The summed E-state index contributed by atoms with van der Waals surface area (Å²) >= 11 is 0. The van der Waals surface area contributed by atoms with Crippen LogP contribution in [-0.4, -0.2) is 15.7 Å². The highest BCUT2D eigenvalue weighted by atomic mass is 16.6. The highest BCUT2D eigenvalue weighted by Crippen LogP contribution is 2.52. The second kappa shape index (κ2) is 7.80. The fourth-order valence-corrected chi connectivity index (χ4v) is 4.77. The average molecular weight is 409 g/mol. The van der Waals surface area contributed by atoms with Gasteiger partial charge in [-0.15, -0.1) is 0 Å². The monoisotopic (exact) mass is 409 g/mol. The first-order valence-corrected chi connectivity index (χ1v) is 10.3. The first-order valence-electron chi connectivity index (χ1n) is 10.3. The van der Waals surface area contributed by atoms with E-state index in [1.807, 2.05) is 48.8 Å². The smallest absolute Gasteiger partial charge is 0.269 e. The summed E-state index contributed by atoms with van der Waals surface area (Å²) in [6.45, 7) is 2.05. The molecule has 0 bridgehead atoms. The van der Waals surface area contributed by atoms with Crippen molar-refractivity contribution in [1.29, 1.82) is 0 Å². The largest absolute Gasteiger partial charge is 0.328 e. The van der Waals surface area contributed by atoms with Crippen LogP contribution in [0.2, 0.25) is 0 Å². The van der Waals surface area contributed by atoms with E-state index in [1.54, 1.807) is 12.1 Å². The van der Waals surface area contributed by atoms with E-state index in [1.165, 1.54) is 12.1 Å². The maximum Gasteiger partial charge on any atom is 0.269 e. The highest BCUT2D eigenvalue weighted by molar-refractivity contribution is 5.92. The molecule has 5 rings (SSSR count). The van der Waals surface area contributed by atoms with E-state index in [9.17, 15) is 14.9 Å². The second-order valence-electron chi connectivity index (χ2n) is 7.98. The minimum atomic E-state index is -0.402. The van der Waals surface area contributed by atoms with Crippen LogP contribution in [0.4, 0.5) is 5.69 Å². The molecule has 1 aliphatic heterocycles. The lowest BCUT2D eigenvalue weighted by Crippen LogP contribution is -2.57. The first kappa shape index (κ1) is 19.7. The molecule has 2 fully saturated rings. The summed E-state index contributed by atoms with van der Waals surface area (Å²) in [5, 5.41) is 13.4. The number of carbonyl (C=O) groups is 1. The lowest BCUT2D eigenvalue weighted by atomic mass is 9.72. The van der Waals surface area contributed by atoms with E-state index in [2.05, 4.69) is 31.2 Å². The topological polar surface area (TPSA) is 63.5 Å². The summed E-state index contributed by atoms with van der Waals surface area (Å²) in [5.41, 5.74) is 2.05. The Hall–Kier alpha value is -3.21. The Kier molecular flexibility index (Phi) is 4.97. The number of rotatable bonds is 5. The van der Waals surface area contributed by atoms with Crippen molar-refractivity contribution in [2.24, 2.45) is 5.92 Å². The summed E-state index contributed by atoms with van der Waals surface area (Å²) in [7, 11) is 0. The molecule has 1 saturated carbocycles. The Morgan fingerprint density at radius 3 is 2.32 bits per heavy atom. The van der Waals surface area contributed by atoms with Crippen molar-refractivity contribution in [3.8, 4) is 0 Å². The fourth-order valence-electron chi connectivity index (χ4n) is 4.77. The van der Waals surface area contributed by atoms with Crippen LogP contribution in [0, 0.1) is 47.6 Å². The van der Waals surface area contributed by atoms with Crippen molar-refractivity contribution in [2.45, 2.75) is 19.0 Å². The van der Waals surface area contributed by atoms with Crippen molar-refractivity contribution >= 4 is 22.4 Å². The van der Waals surface area contributed by atoms with E-state index in [0.717, 1.165) is 27.8 Å². The van der Waals surface area contributed by atoms with Crippen LogP contribution in [0.15, 0.2) is 66.7 Å². The molecule has 5 radical (unpaired) electrons. The van der Waals surface area contributed by atoms with Crippen LogP contribution < -0.4 is 0 Å². The van der Waals surface area contributed by atoms with Gasteiger partial charge < -0.3 is 4.90 Å². The highest BCUT2D eigenvalue weighted by Gasteiger charge is 2.54. The summed E-state index contributed by atoms with van der Waals surface area (Å²) in [6.07, 6.45) is 7.82. The number of nitro benzene ring substituents is 1. The van der Waals surface area contributed by atoms with Gasteiger partial charge in [0.25, 0.3) is 5.69 Å². The number of non-ortho nitro benzene ring substituents is 1. The molecule has 2 aliphatic rings. The van der Waals surface area contributed by atoms with Gasteiger partial charge in [-0.3, -0.25) is 14.9 Å². The van der Waals surface area contributed by atoms with Gasteiger partial charge in [0.15, 0.2) is 0 Å². The summed E-state index contributed by atoms with van der Waals surface area (Å²) in [4.78, 5) is 26.0. The molecule has 0 N–H and O–H groups in total. The van der Waals surface area contributed by atoms with Crippen molar-refractivity contribution in [2.75, 3.05) is 0 Å². The molecule has 5 nitrogen and oxygen atoms in total. The molecule has 3 atom stereocenters. The summed E-state index contributed by atoms with van der Waals surface area (Å²) < 4.78 is 0. The van der Waals surface area contributed by atoms with Gasteiger partial charge in [-0.05, 0) is 60.4 Å². The SMILES string of the molecule is C[C@H](c1cccc2ccccc12)N1C(=O)[C@H]([C]2[CH][CH][CH][CH]2)[C@@H]1c1ccc([N+](=O)[O-])cc1. The van der Waals surface area contributed by atoms with Crippen molar-refractivity contribution in [3.63, 3.8) is 0 Å². The minimum absolute atomic E-state index is 0.0490. The third-order valence-corrected chi connectivity index (χ3v) is 6.32. The molecule has 153 valence electrons. The molecule has 1 amide bonds. The number of likely N-dealkylation sites (tertiary alicyclic amines) is 1. The van der Waals surface area contributed by atoms with Crippen molar-refractivity contribution in [3.05, 3.63) is 120 Å². The number of hydrogen-bond donors (Lipinski definition) is 0. The number of nitro groups is 1. The predicted octanol–water partition coefficient (Wildman–Crippen LogP) is 5.41. The van der Waals surface area contributed by atoms with Crippen LogP contribution in [0.1, 0.15) is 30.1 Å². The predicted molar refractivity (Wildman–Crippen MR) is 119 cm³/mol. The molecular formula is C26H21N2O3. The van der Waals surface area contributed by atoms with E-state index < -0.39 is 4.92 Å². The maximum absolute atomic E-state index is 13.4. The molecule has 1 heterocycles. The maximum atomic E-state index is 13.4. The number of carbonyl (C=O) groups excluding carboxylic acids is 1. The van der Waals surface area contributed by atoms with Gasteiger partial charge in [0, 0.05) is 12.1 Å². The summed E-state index contributed by atoms with van der Waals surface area (Å²) in [5.74, 6) is 0.776. The van der Waals surface area contributed by atoms with Gasteiger partial charge in [-0.25, -0.2) is 0 Å². The Bertz CT molecular complexity index is 1130. The number of hydrogen-bond acceptors (Lipinski definition) is 3. The zero-order valence-corrected chi connectivity index (χ0v) is 17.0. The van der Waals surface area contributed by atoms with Crippen molar-refractivity contribution < 1.29 is 9.72 Å². The van der Waals surface area contributed by atoms with E-state index in [4.69, 9.17) is 0 Å². The molecule has 0 aromatic heterocycles. The van der Waals surface area contributed by atoms with Crippen LogP contribution in [0.3, 0.4) is 0 Å². The number of fused-ring (bicyclic) bond motifs is 1. The van der Waals surface area contributed by atoms with Crippen LogP contribution >= 0.6 is 0 Å². The first-order chi connectivity index (χ1) is 15.1. The lowest BCUT2D eigenvalue weighted by molar-refractivity contribution is -0.384. The zero-order valence-electron chi connectivity index (χ0n) is 17.0. The quantitative estimate of drug-likeness (QED) is 0.321. The van der Waals surface area contributed by atoms with Gasteiger partial charge in [-0.2, -0.15) is 0 Å². The van der Waals surface area contributed by atoms with Crippen LogP contribution in [-0.2, 0) is 4.79 Å².